The van der Waals surface area contributed by atoms with Crippen LogP contribution in [0.3, 0.4) is 0 Å². The zero-order valence-electron chi connectivity index (χ0n) is 16.6. The highest BCUT2D eigenvalue weighted by molar-refractivity contribution is 9.10. The maximum absolute atomic E-state index is 12.6. The molecular weight excluding hydrogens is 499 g/mol. The Balaban J connectivity index is 1.50. The first-order valence-corrected chi connectivity index (χ1v) is 11.9. The lowest BCUT2D eigenvalue weighted by atomic mass is 10.2. The van der Waals surface area contributed by atoms with Gasteiger partial charge in [-0.05, 0) is 23.8 Å². The average Bonchev–Trinajstić information content (AvgIpc) is 2.68. The van der Waals surface area contributed by atoms with Gasteiger partial charge in [-0.15, -0.1) is 13.2 Å². The molecule has 0 saturated carbocycles. The van der Waals surface area contributed by atoms with Gasteiger partial charge in [-0.2, -0.15) is 0 Å². The Bertz CT molecular complexity index is 967. The van der Waals surface area contributed by atoms with Crippen LogP contribution in [0.5, 0.6) is 5.75 Å². The van der Waals surface area contributed by atoms with Gasteiger partial charge in [-0.3, -0.25) is 9.80 Å². The number of nitrogens with zero attached hydrogens (tertiary/aromatic N) is 2. The van der Waals surface area contributed by atoms with Gasteiger partial charge in [0.15, 0.2) is 5.75 Å². The molecule has 0 amide bonds. The lowest BCUT2D eigenvalue weighted by Gasteiger charge is -2.34. The van der Waals surface area contributed by atoms with E-state index in [0.29, 0.717) is 6.54 Å². The molecule has 2 aromatic rings. The lowest BCUT2D eigenvalue weighted by Crippen LogP contribution is -2.48. The predicted octanol–water partition coefficient (Wildman–Crippen LogP) is 3.44. The van der Waals surface area contributed by atoms with Gasteiger partial charge in [-0.25, -0.2) is 13.1 Å². The molecule has 0 unspecified atom stereocenters. The molecule has 1 saturated heterocycles. The predicted molar refractivity (Wildman–Crippen MR) is 114 cm³/mol. The summed E-state index contributed by atoms with van der Waals surface area (Å²) >= 11 is 3.03. The van der Waals surface area contributed by atoms with Crippen molar-refractivity contribution < 1.29 is 26.3 Å². The molecule has 0 radical (unpaired) electrons. The first-order chi connectivity index (χ1) is 14.6. The number of benzene rings is 2. The van der Waals surface area contributed by atoms with Crippen LogP contribution in [0.4, 0.5) is 13.2 Å². The molecule has 1 heterocycles. The van der Waals surface area contributed by atoms with Gasteiger partial charge in [-0.1, -0.05) is 46.3 Å². The van der Waals surface area contributed by atoms with Gasteiger partial charge in [0, 0.05) is 50.3 Å². The normalized spacial score (nSPS) is 16.4. The largest absolute Gasteiger partial charge is 0.573 e. The molecular formula is C20H23BrF3N3O3S. The molecule has 0 aromatic heterocycles. The molecule has 0 atom stereocenters. The molecule has 1 fully saturated rings. The van der Waals surface area contributed by atoms with E-state index in [2.05, 4.69) is 47.3 Å². The summed E-state index contributed by atoms with van der Waals surface area (Å²) in [6, 6.07) is 13.6. The molecule has 0 spiro atoms. The van der Waals surface area contributed by atoms with E-state index in [4.69, 9.17) is 0 Å². The Morgan fingerprint density at radius 1 is 1.00 bits per heavy atom. The second kappa shape index (κ2) is 10.3. The molecule has 3 rings (SSSR count). The maximum Gasteiger partial charge on any atom is 0.573 e. The van der Waals surface area contributed by atoms with Crippen LogP contribution in [-0.2, 0) is 16.6 Å². The maximum atomic E-state index is 12.6. The number of ether oxygens (including phenoxy) is 1. The SMILES string of the molecule is O=S(=O)(NCCN1CCN(Cc2ccccc2)CC1)c1ccc(Br)cc1OC(F)(F)F. The summed E-state index contributed by atoms with van der Waals surface area (Å²) in [7, 11) is -4.17. The van der Waals surface area contributed by atoms with Crippen LogP contribution < -0.4 is 9.46 Å². The third-order valence-corrected chi connectivity index (χ3v) is 6.85. The van der Waals surface area contributed by atoms with Gasteiger partial charge < -0.3 is 4.74 Å². The van der Waals surface area contributed by atoms with E-state index < -0.39 is 27.0 Å². The smallest absolute Gasteiger partial charge is 0.404 e. The topological polar surface area (TPSA) is 61.9 Å². The summed E-state index contributed by atoms with van der Waals surface area (Å²) in [5.74, 6) is -0.774. The zero-order valence-corrected chi connectivity index (χ0v) is 19.0. The van der Waals surface area contributed by atoms with Crippen molar-refractivity contribution in [2.24, 2.45) is 0 Å². The second-order valence-electron chi connectivity index (χ2n) is 7.14. The van der Waals surface area contributed by atoms with Crippen LogP contribution in [0.15, 0.2) is 57.9 Å². The van der Waals surface area contributed by atoms with Crippen LogP contribution in [0, 0.1) is 0 Å². The van der Waals surface area contributed by atoms with Crippen molar-refractivity contribution in [3.63, 3.8) is 0 Å². The van der Waals surface area contributed by atoms with Crippen molar-refractivity contribution in [2.45, 2.75) is 17.8 Å². The van der Waals surface area contributed by atoms with Crippen LogP contribution >= 0.6 is 15.9 Å². The Labute approximate surface area is 188 Å². The molecule has 11 heteroatoms. The quantitative estimate of drug-likeness (QED) is 0.576. The van der Waals surface area contributed by atoms with E-state index in [1.165, 1.54) is 11.6 Å². The van der Waals surface area contributed by atoms with Crippen LogP contribution in [-0.4, -0.2) is 63.8 Å². The highest BCUT2D eigenvalue weighted by Crippen LogP contribution is 2.32. The van der Waals surface area contributed by atoms with Crippen molar-refractivity contribution in [3.8, 4) is 5.75 Å². The number of hydrogen-bond donors (Lipinski definition) is 1. The molecule has 2 aromatic carbocycles. The number of halogens is 4. The van der Waals surface area contributed by atoms with E-state index in [1.807, 2.05) is 18.2 Å². The number of nitrogens with one attached hydrogen (secondary N) is 1. The third-order valence-electron chi connectivity index (χ3n) is 4.85. The van der Waals surface area contributed by atoms with Gasteiger partial charge in [0.05, 0.1) is 0 Å². The first-order valence-electron chi connectivity index (χ1n) is 9.66. The summed E-state index contributed by atoms with van der Waals surface area (Å²) < 4.78 is 69.6. The third kappa shape index (κ3) is 7.46. The summed E-state index contributed by atoms with van der Waals surface area (Å²) in [5.41, 5.74) is 1.25. The fraction of sp³-hybridized carbons (Fsp3) is 0.400. The van der Waals surface area contributed by atoms with E-state index in [0.717, 1.165) is 44.9 Å². The fourth-order valence-corrected chi connectivity index (χ4v) is 4.81. The van der Waals surface area contributed by atoms with Gasteiger partial charge in [0.2, 0.25) is 10.0 Å². The van der Waals surface area contributed by atoms with Crippen molar-refractivity contribution in [1.82, 2.24) is 14.5 Å². The van der Waals surface area contributed by atoms with Crippen LogP contribution in [0.2, 0.25) is 0 Å². The molecule has 170 valence electrons. The van der Waals surface area contributed by atoms with Crippen molar-refractivity contribution in [3.05, 3.63) is 58.6 Å². The average molecular weight is 522 g/mol. The number of hydrogen-bond acceptors (Lipinski definition) is 5. The second-order valence-corrected chi connectivity index (χ2v) is 9.79. The first kappa shape index (κ1) is 24.0. The molecule has 0 aliphatic carbocycles. The number of piperazine rings is 1. The Morgan fingerprint density at radius 2 is 1.65 bits per heavy atom. The zero-order chi connectivity index (χ0) is 22.5. The summed E-state index contributed by atoms with van der Waals surface area (Å²) in [5, 5.41) is 0. The summed E-state index contributed by atoms with van der Waals surface area (Å²) in [4.78, 5) is 3.90. The Kier molecular flexibility index (Phi) is 7.98. The van der Waals surface area contributed by atoms with Gasteiger partial charge >= 0.3 is 6.36 Å². The fourth-order valence-electron chi connectivity index (χ4n) is 3.34. The van der Waals surface area contributed by atoms with E-state index >= 15 is 0 Å². The molecule has 1 N–H and O–H groups in total. The van der Waals surface area contributed by atoms with Crippen molar-refractivity contribution in [1.29, 1.82) is 0 Å². The highest BCUT2D eigenvalue weighted by Gasteiger charge is 2.34. The van der Waals surface area contributed by atoms with Gasteiger partial charge in [0.1, 0.15) is 4.90 Å². The number of alkyl halides is 3. The lowest BCUT2D eigenvalue weighted by molar-refractivity contribution is -0.275. The summed E-state index contributed by atoms with van der Waals surface area (Å²) in [6.45, 7) is 4.71. The number of sulfonamides is 1. The minimum Gasteiger partial charge on any atom is -0.404 e. The summed E-state index contributed by atoms with van der Waals surface area (Å²) in [6.07, 6.45) is -5.00. The minimum absolute atomic E-state index is 0.0859. The van der Waals surface area contributed by atoms with Gasteiger partial charge in [0.25, 0.3) is 0 Å². The molecule has 0 bridgehead atoms. The van der Waals surface area contributed by atoms with Crippen LogP contribution in [0.25, 0.3) is 0 Å². The Morgan fingerprint density at radius 3 is 2.29 bits per heavy atom. The van der Waals surface area contributed by atoms with Crippen molar-refractivity contribution >= 4 is 26.0 Å². The molecule has 31 heavy (non-hydrogen) atoms. The monoisotopic (exact) mass is 521 g/mol. The standard InChI is InChI=1S/C20H23BrF3N3O3S/c21-17-6-7-19(18(14-17)30-20(22,23)24)31(28,29)25-8-9-26-10-12-27(13-11-26)15-16-4-2-1-3-5-16/h1-7,14,25H,8-13,15H2. The van der Waals surface area contributed by atoms with E-state index in [9.17, 15) is 21.6 Å². The number of rotatable bonds is 8. The molecule has 6 nitrogen and oxygen atoms in total. The molecule has 1 aliphatic heterocycles. The van der Waals surface area contributed by atoms with E-state index in [1.54, 1.807) is 0 Å². The van der Waals surface area contributed by atoms with Crippen molar-refractivity contribution in [2.75, 3.05) is 39.3 Å². The van der Waals surface area contributed by atoms with Crippen LogP contribution in [0.1, 0.15) is 5.56 Å². The molecule has 1 aliphatic rings. The minimum atomic E-state index is -5.00. The Hall–Kier alpha value is -1.66. The highest BCUT2D eigenvalue weighted by atomic mass is 79.9. The van der Waals surface area contributed by atoms with E-state index in [-0.39, 0.29) is 11.0 Å².